The van der Waals surface area contributed by atoms with E-state index in [1.807, 2.05) is 18.2 Å². The van der Waals surface area contributed by atoms with Gasteiger partial charge in [-0.1, -0.05) is 41.9 Å². The molecule has 0 bridgehead atoms. The number of amides is 1. The molecule has 2 aromatic rings. The van der Waals surface area contributed by atoms with Crippen molar-refractivity contribution in [3.8, 4) is 0 Å². The fourth-order valence-corrected chi connectivity index (χ4v) is 2.58. The average Bonchev–Trinajstić information content (AvgIpc) is 2.54. The highest BCUT2D eigenvalue weighted by Crippen LogP contribution is 2.16. The van der Waals surface area contributed by atoms with Gasteiger partial charge in [0.25, 0.3) is 0 Å². The zero-order valence-corrected chi connectivity index (χ0v) is 14.7. The Morgan fingerprint density at radius 3 is 2.58 bits per heavy atom. The quantitative estimate of drug-likeness (QED) is 0.625. The van der Waals surface area contributed by atoms with Crippen LogP contribution in [0, 0.1) is 0 Å². The van der Waals surface area contributed by atoms with E-state index in [2.05, 4.69) is 10.6 Å². The first-order valence-corrected chi connectivity index (χ1v) is 8.19. The van der Waals surface area contributed by atoms with Gasteiger partial charge in [-0.3, -0.25) is 9.59 Å². The van der Waals surface area contributed by atoms with Crippen LogP contribution < -0.4 is 10.6 Å². The number of nitrogens with one attached hydrogen (secondary N) is 2. The summed E-state index contributed by atoms with van der Waals surface area (Å²) in [7, 11) is 0. The average molecular weight is 361 g/mol. The molecule has 1 amide bonds. The summed E-state index contributed by atoms with van der Waals surface area (Å²) in [4.78, 5) is 23.3. The summed E-state index contributed by atoms with van der Waals surface area (Å²) in [6.07, 6.45) is 0.812. The third-order valence-electron chi connectivity index (χ3n) is 3.36. The van der Waals surface area contributed by atoms with E-state index in [1.165, 1.54) is 6.92 Å². The Kier molecular flexibility index (Phi) is 6.46. The molecule has 2 aromatic carbocycles. The summed E-state index contributed by atoms with van der Waals surface area (Å²) in [6.45, 7) is 1.49. The molecular formula is C18H17ClN2O2S. The van der Waals surface area contributed by atoms with E-state index in [1.54, 1.807) is 30.3 Å². The van der Waals surface area contributed by atoms with Gasteiger partial charge in [-0.05, 0) is 49.3 Å². The minimum absolute atomic E-state index is 0.0339. The first-order valence-electron chi connectivity index (χ1n) is 7.41. The van der Waals surface area contributed by atoms with Gasteiger partial charge in [0, 0.05) is 22.7 Å². The van der Waals surface area contributed by atoms with Gasteiger partial charge >= 0.3 is 0 Å². The van der Waals surface area contributed by atoms with Crippen molar-refractivity contribution in [3.63, 3.8) is 0 Å². The van der Waals surface area contributed by atoms with E-state index in [0.29, 0.717) is 22.7 Å². The molecule has 2 rings (SSSR count). The second-order valence-corrected chi connectivity index (χ2v) is 6.05. The zero-order valence-electron chi connectivity index (χ0n) is 13.1. The van der Waals surface area contributed by atoms with E-state index in [0.717, 1.165) is 5.56 Å². The van der Waals surface area contributed by atoms with E-state index < -0.39 is 0 Å². The molecule has 0 fully saturated rings. The van der Waals surface area contributed by atoms with Crippen molar-refractivity contribution in [1.82, 2.24) is 5.32 Å². The summed E-state index contributed by atoms with van der Waals surface area (Å²) >= 11 is 11.2. The molecule has 0 atom stereocenters. The molecule has 0 saturated carbocycles. The van der Waals surface area contributed by atoms with Crippen molar-refractivity contribution in [1.29, 1.82) is 0 Å². The molecule has 2 N–H and O–H groups in total. The Hall–Kier alpha value is -2.24. The molecule has 0 saturated heterocycles. The third-order valence-corrected chi connectivity index (χ3v) is 3.93. The van der Waals surface area contributed by atoms with Crippen molar-refractivity contribution >= 4 is 46.3 Å². The van der Waals surface area contributed by atoms with Crippen molar-refractivity contribution in [2.45, 2.75) is 19.8 Å². The topological polar surface area (TPSA) is 58.2 Å². The number of anilines is 1. The number of aryl methyl sites for hydroxylation is 1. The molecule has 4 nitrogen and oxygen atoms in total. The highest BCUT2D eigenvalue weighted by Gasteiger charge is 2.08. The largest absolute Gasteiger partial charge is 0.332 e. The summed E-state index contributed by atoms with van der Waals surface area (Å²) < 4.78 is 0. The molecular weight excluding hydrogens is 344 g/mol. The Morgan fingerprint density at radius 1 is 1.12 bits per heavy atom. The van der Waals surface area contributed by atoms with Crippen LogP contribution in [0.2, 0.25) is 5.02 Å². The van der Waals surface area contributed by atoms with Crippen LogP contribution in [0.25, 0.3) is 0 Å². The third kappa shape index (κ3) is 5.44. The van der Waals surface area contributed by atoms with Crippen LogP contribution in [0.4, 0.5) is 5.69 Å². The number of hydrogen-bond acceptors (Lipinski definition) is 3. The van der Waals surface area contributed by atoms with Gasteiger partial charge in [-0.2, -0.15) is 0 Å². The SMILES string of the molecule is CC(=O)c1cccc(NC(=S)NC(=O)CCc2ccccc2Cl)c1. The van der Waals surface area contributed by atoms with Gasteiger partial charge < -0.3 is 10.6 Å². The van der Waals surface area contributed by atoms with Gasteiger partial charge in [0.15, 0.2) is 10.9 Å². The summed E-state index contributed by atoms with van der Waals surface area (Å²) in [5, 5.41) is 6.36. The van der Waals surface area contributed by atoms with Crippen molar-refractivity contribution in [2.24, 2.45) is 0 Å². The normalized spacial score (nSPS) is 10.1. The fraction of sp³-hybridized carbons (Fsp3) is 0.167. The van der Waals surface area contributed by atoms with Crippen LogP contribution in [0.1, 0.15) is 29.3 Å². The summed E-state index contributed by atoms with van der Waals surface area (Å²) in [5.74, 6) is -0.233. The van der Waals surface area contributed by atoms with Crippen LogP contribution >= 0.6 is 23.8 Å². The highest BCUT2D eigenvalue weighted by molar-refractivity contribution is 7.80. The number of thiocarbonyl (C=S) groups is 1. The standard InChI is InChI=1S/C18H17ClN2O2S/c1-12(22)14-6-4-7-15(11-14)20-18(24)21-17(23)10-9-13-5-2-3-8-16(13)19/h2-8,11H,9-10H2,1H3,(H2,20,21,23,24). The number of rotatable bonds is 5. The second-order valence-electron chi connectivity index (χ2n) is 5.23. The van der Waals surface area contributed by atoms with Gasteiger partial charge in [0.1, 0.15) is 0 Å². The molecule has 0 aliphatic heterocycles. The monoisotopic (exact) mass is 360 g/mol. The summed E-state index contributed by atoms with van der Waals surface area (Å²) in [6, 6.07) is 14.3. The maximum absolute atomic E-state index is 12.0. The number of Topliss-reactive ketones (excluding diaryl/α,β-unsaturated/α-hetero) is 1. The molecule has 124 valence electrons. The first kappa shape index (κ1) is 18.1. The predicted octanol–water partition coefficient (Wildman–Crippen LogP) is 3.99. The van der Waals surface area contributed by atoms with Gasteiger partial charge in [-0.15, -0.1) is 0 Å². The van der Waals surface area contributed by atoms with Gasteiger partial charge in [-0.25, -0.2) is 0 Å². The first-order chi connectivity index (χ1) is 11.5. The number of hydrogen-bond donors (Lipinski definition) is 2. The zero-order chi connectivity index (χ0) is 17.5. The lowest BCUT2D eigenvalue weighted by Crippen LogP contribution is -2.34. The van der Waals surface area contributed by atoms with Crippen LogP contribution in [-0.2, 0) is 11.2 Å². The molecule has 0 aliphatic rings. The number of ketones is 1. The van der Waals surface area contributed by atoms with Crippen molar-refractivity contribution < 1.29 is 9.59 Å². The van der Waals surface area contributed by atoms with Gasteiger partial charge in [0.2, 0.25) is 5.91 Å². The molecule has 0 radical (unpaired) electrons. The molecule has 24 heavy (non-hydrogen) atoms. The van der Waals surface area contributed by atoms with E-state index in [4.69, 9.17) is 23.8 Å². The number of carbonyl (C=O) groups is 2. The van der Waals surface area contributed by atoms with Crippen LogP contribution in [0.15, 0.2) is 48.5 Å². The van der Waals surface area contributed by atoms with Crippen molar-refractivity contribution in [3.05, 3.63) is 64.7 Å². The molecule has 0 heterocycles. The Balaban J connectivity index is 1.86. The predicted molar refractivity (Wildman–Crippen MR) is 101 cm³/mol. The number of benzene rings is 2. The van der Waals surface area contributed by atoms with E-state index in [-0.39, 0.29) is 23.2 Å². The minimum atomic E-state index is -0.199. The Bertz CT molecular complexity index is 777. The molecule has 0 aliphatic carbocycles. The lowest BCUT2D eigenvalue weighted by Gasteiger charge is -2.10. The van der Waals surface area contributed by atoms with Crippen LogP contribution in [-0.4, -0.2) is 16.8 Å². The van der Waals surface area contributed by atoms with Crippen LogP contribution in [0.5, 0.6) is 0 Å². The second kappa shape index (κ2) is 8.57. The summed E-state index contributed by atoms with van der Waals surface area (Å²) in [5.41, 5.74) is 2.15. The van der Waals surface area contributed by atoms with Crippen molar-refractivity contribution in [2.75, 3.05) is 5.32 Å². The maximum Gasteiger partial charge on any atom is 0.226 e. The van der Waals surface area contributed by atoms with E-state index in [9.17, 15) is 9.59 Å². The van der Waals surface area contributed by atoms with Crippen LogP contribution in [0.3, 0.4) is 0 Å². The lowest BCUT2D eigenvalue weighted by atomic mass is 10.1. The maximum atomic E-state index is 12.0. The number of carbonyl (C=O) groups excluding carboxylic acids is 2. The Labute approximate surface area is 151 Å². The molecule has 6 heteroatoms. The molecule has 0 spiro atoms. The smallest absolute Gasteiger partial charge is 0.226 e. The number of halogens is 1. The molecule has 0 aromatic heterocycles. The highest BCUT2D eigenvalue weighted by atomic mass is 35.5. The minimum Gasteiger partial charge on any atom is -0.332 e. The lowest BCUT2D eigenvalue weighted by molar-refractivity contribution is -0.119. The van der Waals surface area contributed by atoms with E-state index >= 15 is 0 Å². The molecule has 0 unspecified atom stereocenters. The fourth-order valence-electron chi connectivity index (χ4n) is 2.12. The Morgan fingerprint density at radius 2 is 1.88 bits per heavy atom. The van der Waals surface area contributed by atoms with Gasteiger partial charge in [0.05, 0.1) is 0 Å².